The van der Waals surface area contributed by atoms with Crippen LogP contribution >= 0.6 is 0 Å². The minimum absolute atomic E-state index is 0.177. The molecule has 1 fully saturated rings. The number of benzene rings is 2. The highest BCUT2D eigenvalue weighted by molar-refractivity contribution is 6.09. The van der Waals surface area contributed by atoms with Gasteiger partial charge in [-0.25, -0.2) is 0 Å². The van der Waals surface area contributed by atoms with E-state index < -0.39 is 0 Å². The van der Waals surface area contributed by atoms with Gasteiger partial charge in [0.2, 0.25) is 0 Å². The molecule has 0 saturated carbocycles. The van der Waals surface area contributed by atoms with Gasteiger partial charge in [0, 0.05) is 33.2 Å². The largest absolute Gasteiger partial charge is 0.384 e. The minimum atomic E-state index is -0.177. The van der Waals surface area contributed by atoms with E-state index in [1.807, 2.05) is 0 Å². The Balaban J connectivity index is 1.63. The lowest BCUT2D eigenvalue weighted by molar-refractivity contribution is 0.0778. The molecule has 28 heavy (non-hydrogen) atoms. The summed E-state index contributed by atoms with van der Waals surface area (Å²) in [6, 6.07) is 15.1. The molecule has 2 aliphatic heterocycles. The van der Waals surface area contributed by atoms with Gasteiger partial charge < -0.3 is 20.1 Å². The molecule has 5 heteroatoms. The molecule has 2 aliphatic rings. The van der Waals surface area contributed by atoms with Crippen molar-refractivity contribution in [2.45, 2.75) is 38.3 Å². The van der Waals surface area contributed by atoms with E-state index in [0.717, 1.165) is 56.3 Å². The molecule has 0 radical (unpaired) electrons. The van der Waals surface area contributed by atoms with Gasteiger partial charge in [-0.15, -0.1) is 0 Å². The van der Waals surface area contributed by atoms with Crippen molar-refractivity contribution in [3.05, 3.63) is 59.2 Å². The van der Waals surface area contributed by atoms with Crippen molar-refractivity contribution < 1.29 is 9.47 Å². The Morgan fingerprint density at radius 2 is 1.93 bits per heavy atom. The third-order valence-electron chi connectivity index (χ3n) is 5.61. The second kappa shape index (κ2) is 8.33. The van der Waals surface area contributed by atoms with Crippen molar-refractivity contribution in [3.63, 3.8) is 0 Å². The monoisotopic (exact) mass is 379 g/mol. The lowest BCUT2D eigenvalue weighted by Crippen LogP contribution is -2.55. The molecule has 5 nitrogen and oxygen atoms in total. The molecule has 2 N–H and O–H groups in total. The first-order chi connectivity index (χ1) is 13.7. The number of nitrogens with one attached hydrogen (secondary N) is 2. The van der Waals surface area contributed by atoms with Crippen molar-refractivity contribution >= 4 is 17.2 Å². The molecule has 148 valence electrons. The fourth-order valence-electron chi connectivity index (χ4n) is 4.00. The summed E-state index contributed by atoms with van der Waals surface area (Å²) in [4.78, 5) is 5.02. The van der Waals surface area contributed by atoms with Crippen LogP contribution in [0.5, 0.6) is 0 Å². The number of methoxy groups -OCH3 is 1. The molecular formula is C23H29N3O2. The van der Waals surface area contributed by atoms with Gasteiger partial charge in [-0.05, 0) is 36.6 Å². The maximum absolute atomic E-state index is 5.64. The van der Waals surface area contributed by atoms with Crippen LogP contribution in [-0.4, -0.2) is 38.3 Å². The summed E-state index contributed by atoms with van der Waals surface area (Å²) >= 11 is 0. The number of nitrogens with zero attached hydrogens (tertiary/aromatic N) is 1. The molecule has 1 saturated heterocycles. The van der Waals surface area contributed by atoms with Gasteiger partial charge in [0.05, 0.1) is 30.1 Å². The molecule has 0 bridgehead atoms. The highest BCUT2D eigenvalue weighted by atomic mass is 16.5. The van der Waals surface area contributed by atoms with E-state index in [-0.39, 0.29) is 5.54 Å². The Morgan fingerprint density at radius 1 is 1.07 bits per heavy atom. The number of aryl methyl sites for hydroxylation is 1. The topological polar surface area (TPSA) is 54.9 Å². The standard InChI is InChI=1S/C23H29N3O2/c1-17-4-3-5-19(14-17)16-24-22-23(9-12-28-13-10-23)26-20-7-6-18(8-11-27-2)15-21(20)25-22/h3-7,14-15,26H,8-13,16H2,1-2H3,(H,24,25). The number of ether oxygens (including phenoxy) is 2. The number of hydrogen-bond acceptors (Lipinski definition) is 4. The second-order valence-corrected chi connectivity index (χ2v) is 7.72. The third kappa shape index (κ3) is 4.05. The van der Waals surface area contributed by atoms with E-state index in [2.05, 4.69) is 60.0 Å². The highest BCUT2D eigenvalue weighted by Crippen LogP contribution is 2.37. The number of amidine groups is 1. The first-order valence-corrected chi connectivity index (χ1v) is 10.0. The predicted octanol–water partition coefficient (Wildman–Crippen LogP) is 4.17. The van der Waals surface area contributed by atoms with Crippen LogP contribution in [0.1, 0.15) is 29.5 Å². The zero-order chi connectivity index (χ0) is 19.4. The second-order valence-electron chi connectivity index (χ2n) is 7.72. The normalized spacial score (nSPS) is 19.1. The molecule has 0 aliphatic carbocycles. The third-order valence-corrected chi connectivity index (χ3v) is 5.61. The van der Waals surface area contributed by atoms with E-state index in [4.69, 9.17) is 14.5 Å². The SMILES string of the molecule is COCCc1ccc2c(c1)NC(=NCc1cccc(C)c1)C1(CCOCC1)N2. The van der Waals surface area contributed by atoms with Crippen molar-refractivity contribution in [3.8, 4) is 0 Å². The van der Waals surface area contributed by atoms with Gasteiger partial charge in [-0.2, -0.15) is 0 Å². The van der Waals surface area contributed by atoms with Gasteiger partial charge >= 0.3 is 0 Å². The fourth-order valence-corrected chi connectivity index (χ4v) is 4.00. The van der Waals surface area contributed by atoms with Gasteiger partial charge in [-0.3, -0.25) is 4.99 Å². The summed E-state index contributed by atoms with van der Waals surface area (Å²) in [5, 5.41) is 7.44. The van der Waals surface area contributed by atoms with Crippen molar-refractivity contribution in [2.24, 2.45) is 4.99 Å². The quantitative estimate of drug-likeness (QED) is 0.819. The van der Waals surface area contributed by atoms with Crippen molar-refractivity contribution in [2.75, 3.05) is 37.6 Å². The fraction of sp³-hybridized carbons (Fsp3) is 0.435. The summed E-state index contributed by atoms with van der Waals surface area (Å²) in [5.41, 5.74) is 5.81. The van der Waals surface area contributed by atoms with E-state index in [0.29, 0.717) is 6.54 Å². The summed E-state index contributed by atoms with van der Waals surface area (Å²) in [5.74, 6) is 1.02. The predicted molar refractivity (Wildman–Crippen MR) is 114 cm³/mol. The molecule has 4 rings (SSSR count). The van der Waals surface area contributed by atoms with Crippen molar-refractivity contribution in [1.29, 1.82) is 0 Å². The Kier molecular flexibility index (Phi) is 5.64. The van der Waals surface area contributed by atoms with Crippen LogP contribution in [0.4, 0.5) is 11.4 Å². The van der Waals surface area contributed by atoms with Gasteiger partial charge in [0.15, 0.2) is 0 Å². The van der Waals surface area contributed by atoms with Crippen LogP contribution < -0.4 is 10.6 Å². The smallest absolute Gasteiger partial charge is 0.127 e. The number of fused-ring (bicyclic) bond motifs is 1. The van der Waals surface area contributed by atoms with E-state index in [1.165, 1.54) is 16.7 Å². The molecule has 0 unspecified atom stereocenters. The zero-order valence-electron chi connectivity index (χ0n) is 16.8. The molecule has 0 amide bonds. The minimum Gasteiger partial charge on any atom is -0.384 e. The van der Waals surface area contributed by atoms with Crippen LogP contribution in [-0.2, 0) is 22.4 Å². The van der Waals surface area contributed by atoms with E-state index in [9.17, 15) is 0 Å². The summed E-state index contributed by atoms with van der Waals surface area (Å²) in [6.07, 6.45) is 2.73. The molecule has 2 aromatic carbocycles. The van der Waals surface area contributed by atoms with Crippen LogP contribution in [0.3, 0.4) is 0 Å². The molecule has 2 aromatic rings. The van der Waals surface area contributed by atoms with E-state index >= 15 is 0 Å². The molecular weight excluding hydrogens is 350 g/mol. The van der Waals surface area contributed by atoms with Crippen LogP contribution in [0.25, 0.3) is 0 Å². The van der Waals surface area contributed by atoms with Crippen LogP contribution in [0.15, 0.2) is 47.5 Å². The Bertz CT molecular complexity index is 857. The van der Waals surface area contributed by atoms with Crippen LogP contribution in [0, 0.1) is 6.92 Å². The molecule has 1 spiro atoms. The Morgan fingerprint density at radius 3 is 2.71 bits per heavy atom. The molecule has 0 atom stereocenters. The summed E-state index contributed by atoms with van der Waals surface area (Å²) < 4.78 is 10.9. The number of hydrogen-bond donors (Lipinski definition) is 2. The average molecular weight is 380 g/mol. The van der Waals surface area contributed by atoms with Gasteiger partial charge in [0.1, 0.15) is 5.84 Å². The molecule has 2 heterocycles. The van der Waals surface area contributed by atoms with E-state index in [1.54, 1.807) is 7.11 Å². The van der Waals surface area contributed by atoms with Crippen molar-refractivity contribution in [1.82, 2.24) is 0 Å². The summed E-state index contributed by atoms with van der Waals surface area (Å²) in [6.45, 7) is 5.02. The molecule has 0 aromatic heterocycles. The number of rotatable bonds is 5. The lowest BCUT2D eigenvalue weighted by atomic mass is 9.85. The number of aliphatic imine (C=N–C) groups is 1. The first-order valence-electron chi connectivity index (χ1n) is 10.0. The summed E-state index contributed by atoms with van der Waals surface area (Å²) in [7, 11) is 1.74. The highest BCUT2D eigenvalue weighted by Gasteiger charge is 2.41. The zero-order valence-corrected chi connectivity index (χ0v) is 16.8. The maximum Gasteiger partial charge on any atom is 0.127 e. The number of anilines is 2. The first kappa shape index (κ1) is 19.0. The average Bonchev–Trinajstić information content (AvgIpc) is 2.71. The van der Waals surface area contributed by atoms with Crippen LogP contribution in [0.2, 0.25) is 0 Å². The lowest BCUT2D eigenvalue weighted by Gasteiger charge is -2.44. The maximum atomic E-state index is 5.64. The Hall–Kier alpha value is -2.37. The van der Waals surface area contributed by atoms with Gasteiger partial charge in [-0.1, -0.05) is 35.9 Å². The Labute approximate surface area is 167 Å². The van der Waals surface area contributed by atoms with Gasteiger partial charge in [0.25, 0.3) is 0 Å².